The van der Waals surface area contributed by atoms with Gasteiger partial charge in [-0.05, 0) is 202 Å². The number of carboxylic acid groups (broad SMARTS) is 2. The summed E-state index contributed by atoms with van der Waals surface area (Å²) in [6.45, 7) is 65.1. The van der Waals surface area contributed by atoms with Crippen molar-refractivity contribution in [1.29, 1.82) is 0 Å². The molecule has 2 atom stereocenters. The molecule has 1 aromatic heterocycles. The third-order valence-corrected chi connectivity index (χ3v) is 30.1. The van der Waals surface area contributed by atoms with Crippen LogP contribution in [0.15, 0.2) is 85.2 Å². The maximum atomic E-state index is 12.9. The zero-order valence-corrected chi connectivity index (χ0v) is 93.7. The normalized spacial score (nSPS) is 21.2. The fourth-order valence-corrected chi connectivity index (χ4v) is 21.2. The van der Waals surface area contributed by atoms with Crippen molar-refractivity contribution in [2.45, 2.75) is 362 Å². The van der Waals surface area contributed by atoms with E-state index in [9.17, 15) is 57.8 Å². The van der Waals surface area contributed by atoms with Crippen LogP contribution in [0.25, 0.3) is 0 Å². The van der Waals surface area contributed by atoms with Crippen LogP contribution in [-0.4, -0.2) is 320 Å². The minimum Gasteiger partial charge on any atom is -0.480 e. The van der Waals surface area contributed by atoms with Crippen molar-refractivity contribution in [2.75, 3.05) is 152 Å². The van der Waals surface area contributed by atoms with E-state index in [-0.39, 0.29) is 73.9 Å². The molecule has 143 heavy (non-hydrogen) atoms. The molecule has 27 heteroatoms. The quantitative estimate of drug-likeness (QED) is 0.170. The van der Waals surface area contributed by atoms with Crippen LogP contribution in [0.2, 0.25) is 0 Å². The second-order valence-electron chi connectivity index (χ2n) is 50.8. The number of aliphatic hydroxyl groups is 1. The Bertz CT molecular complexity index is 4270. The molecule has 2 saturated carbocycles. The summed E-state index contributed by atoms with van der Waals surface area (Å²) in [6, 6.07) is 24.4. The number of aliphatic carboxylic acids is 2. The molecule has 11 fully saturated rings. The maximum absolute atomic E-state index is 12.9. The molecule has 1 unspecified atom stereocenters. The fraction of sp³-hybridized carbons (Fsp3) is 0.759. The number of carbonyl (C=O) groups is 11. The van der Waals surface area contributed by atoms with E-state index in [0.717, 1.165) is 128 Å². The lowest BCUT2D eigenvalue weighted by Crippen LogP contribution is -2.54. The van der Waals surface area contributed by atoms with Gasteiger partial charge < -0.3 is 69.2 Å². The van der Waals surface area contributed by atoms with E-state index in [4.69, 9.17) is 10.2 Å². The van der Waals surface area contributed by atoms with Crippen molar-refractivity contribution < 1.29 is 68.1 Å². The summed E-state index contributed by atoms with van der Waals surface area (Å²) < 4.78 is 0. The lowest BCUT2D eigenvalue weighted by atomic mass is 9.83. The minimum absolute atomic E-state index is 0.0672. The molecule has 0 radical (unpaired) electrons. The Morgan fingerprint density at radius 3 is 0.965 bits per heavy atom. The molecule has 9 aliphatic heterocycles. The Balaban J connectivity index is 0.000000223. The highest BCUT2D eigenvalue weighted by Crippen LogP contribution is 2.39. The molecular weight excluding hydrogens is 1800 g/mol. The van der Waals surface area contributed by atoms with E-state index in [2.05, 4.69) is 102 Å². The van der Waals surface area contributed by atoms with Gasteiger partial charge in [-0.15, -0.1) is 0 Å². The molecule has 14 rings (SSSR count). The number of carbonyl (C=O) groups excluding carboxylic acids is 9. The average molecular weight is 1990 g/mol. The second-order valence-corrected chi connectivity index (χ2v) is 50.8. The molecule has 2 aliphatic carbocycles. The van der Waals surface area contributed by atoms with Gasteiger partial charge in [-0.2, -0.15) is 0 Å². The zero-order valence-electron chi connectivity index (χ0n) is 93.7. The summed E-state index contributed by atoms with van der Waals surface area (Å²) in [5.41, 5.74) is 0.314. The molecule has 3 aromatic rings. The first-order chi connectivity index (χ1) is 66.6. The molecule has 806 valence electrons. The van der Waals surface area contributed by atoms with Crippen LogP contribution in [-0.2, 0) is 58.3 Å². The zero-order chi connectivity index (χ0) is 107. The third kappa shape index (κ3) is 38.4. The number of hydrogen-bond acceptors (Lipinski definition) is 16. The van der Waals surface area contributed by atoms with Crippen molar-refractivity contribution in [3.05, 3.63) is 102 Å². The monoisotopic (exact) mass is 1990 g/mol. The molecule has 0 bridgehead atoms. The Kier molecular flexibility index (Phi) is 46.3. The van der Waals surface area contributed by atoms with Gasteiger partial charge in [0.1, 0.15) is 12.1 Å². The summed E-state index contributed by atoms with van der Waals surface area (Å²) in [7, 11) is 4.32. The Morgan fingerprint density at radius 2 is 0.629 bits per heavy atom. The predicted octanol–water partition coefficient (Wildman–Crippen LogP) is 18.1. The number of piperidine rings is 5. The molecule has 0 spiro atoms. The number of amides is 9. The van der Waals surface area contributed by atoms with Crippen LogP contribution in [0.5, 0.6) is 0 Å². The standard InChI is InChI=1S/C17H31NO.C16H29N3O2.C16H31N3O.C16H23NO2.C16H23NO.C15H22N2O.2C10H17NO3/c1-17(2,3)16(19)18(14-10-6-4-7-11-14)15-12-8-5-9-13-15;1-16(2,3)15(21)19-11-9-18(10-12-19)14(20)13-5-7-17(4)8-6-13;1-16(2,3)15(20)19-11-9-18(10-12-19)13-14-5-7-17(4)8-6-14;1-15(2,3)14(18)17-11-9-16(19,10-12-17)13-7-5-4-6-8-13;1-16(2,3)15(18)17-11-9-14(10-12-17)13-7-5-4-6-8-13;1-15(2,3)14(18)17-10-6-13(7-11-17)12-4-8-16-9-5-12;2*1-10(2,3)9(14)11-6-4-5-7(11)8(12)13/h14-15H,4-13H2,1-3H3;13H,5-12H2,1-4H3;14H,5-13H2,1-4H3;4-8,19H,9-12H2,1-3H3;4-8,14H,9-12H2,1-3H3;4-5,8-9,13H,6-7,10-11H2,1-3H3;2*7H,4-6H2,1-3H3,(H,12,13)/t;;;;;;7-;/m......0./s1. The van der Waals surface area contributed by atoms with Gasteiger partial charge in [-0.3, -0.25) is 53.0 Å². The van der Waals surface area contributed by atoms with E-state index in [0.29, 0.717) is 120 Å². The van der Waals surface area contributed by atoms with Gasteiger partial charge >= 0.3 is 11.9 Å². The van der Waals surface area contributed by atoms with Crippen molar-refractivity contribution in [2.24, 2.45) is 55.2 Å². The smallest absolute Gasteiger partial charge is 0.326 e. The van der Waals surface area contributed by atoms with Crippen LogP contribution in [0.3, 0.4) is 0 Å². The molecule has 9 amide bonds. The number of aromatic nitrogens is 1. The van der Waals surface area contributed by atoms with Gasteiger partial charge in [0.25, 0.3) is 0 Å². The summed E-state index contributed by atoms with van der Waals surface area (Å²) >= 11 is 0. The van der Waals surface area contributed by atoms with Crippen LogP contribution in [0.4, 0.5) is 0 Å². The number of rotatable bonds is 10. The van der Waals surface area contributed by atoms with E-state index in [1.165, 1.54) is 118 Å². The lowest BCUT2D eigenvalue weighted by Gasteiger charge is -2.44. The highest BCUT2D eigenvalue weighted by Gasteiger charge is 2.45. The number of likely N-dealkylation sites (tertiary alicyclic amines) is 7. The van der Waals surface area contributed by atoms with Crippen molar-refractivity contribution in [3.8, 4) is 0 Å². The van der Waals surface area contributed by atoms with Crippen LogP contribution >= 0.6 is 0 Å². The predicted molar refractivity (Wildman–Crippen MR) is 572 cm³/mol. The number of hydrogen-bond donors (Lipinski definition) is 3. The second kappa shape index (κ2) is 54.5. The van der Waals surface area contributed by atoms with E-state index < -0.39 is 40.5 Å². The first kappa shape index (κ1) is 122. The fourth-order valence-electron chi connectivity index (χ4n) is 21.2. The largest absolute Gasteiger partial charge is 0.480 e. The minimum atomic E-state index is -0.889. The van der Waals surface area contributed by atoms with Crippen LogP contribution in [0.1, 0.15) is 349 Å². The summed E-state index contributed by atoms with van der Waals surface area (Å²) in [5, 5.41) is 28.5. The molecular formula is C116H193N13O14. The van der Waals surface area contributed by atoms with E-state index in [1.807, 2.05) is 218 Å². The first-order valence-electron chi connectivity index (χ1n) is 54.6. The summed E-state index contributed by atoms with van der Waals surface area (Å²) in [4.78, 5) is 160. The molecule has 10 heterocycles. The van der Waals surface area contributed by atoms with Gasteiger partial charge in [-0.1, -0.05) is 265 Å². The Morgan fingerprint density at radius 1 is 0.322 bits per heavy atom. The van der Waals surface area contributed by atoms with Gasteiger partial charge in [0.15, 0.2) is 0 Å². The average Bonchev–Trinajstić information content (AvgIpc) is 1.66. The molecule has 3 N–H and O–H groups in total. The van der Waals surface area contributed by atoms with Gasteiger partial charge in [0.2, 0.25) is 53.2 Å². The van der Waals surface area contributed by atoms with Crippen molar-refractivity contribution >= 4 is 65.1 Å². The maximum Gasteiger partial charge on any atom is 0.326 e. The highest BCUT2D eigenvalue weighted by atomic mass is 16.4. The van der Waals surface area contributed by atoms with Crippen molar-refractivity contribution in [3.63, 3.8) is 0 Å². The van der Waals surface area contributed by atoms with Crippen LogP contribution < -0.4 is 0 Å². The number of carboxylic acids is 2. The topological polar surface area (TPSA) is 300 Å². The number of pyridine rings is 1. The first-order valence-corrected chi connectivity index (χ1v) is 54.6. The lowest BCUT2D eigenvalue weighted by molar-refractivity contribution is -0.151. The highest BCUT2D eigenvalue weighted by molar-refractivity contribution is 5.89. The number of piperazine rings is 2. The van der Waals surface area contributed by atoms with Gasteiger partial charge in [-0.25, -0.2) is 9.59 Å². The molecule has 9 saturated heterocycles. The number of benzene rings is 2. The molecule has 11 aliphatic rings. The summed E-state index contributed by atoms with van der Waals surface area (Å²) in [5.74, 6) is 2.24. The van der Waals surface area contributed by atoms with Gasteiger partial charge in [0.05, 0.1) is 5.60 Å². The SMILES string of the molecule is CC(C)(C)C(=O)N(C1CCCCC1)C1CCCCC1.CC(C)(C)C(=O)N1CCC(O)(c2ccccc2)CC1.CC(C)(C)C(=O)N1CCC(c2ccccc2)CC1.CC(C)(C)C(=O)N1CCC(c2ccncc2)CC1.CC(C)(C)C(=O)N1CCCC1C(=O)O.CC(C)(C)C(=O)N1CCC[C@H]1C(=O)O.CN1CCC(C(=O)N2CCN(C(=O)C(C)(C)C)CC2)CC1.CN1CCC(CN2CCN(C(=O)C(C)(C)C)CC2)CC1. The third-order valence-electron chi connectivity index (χ3n) is 30.1. The van der Waals surface area contributed by atoms with E-state index >= 15 is 0 Å². The van der Waals surface area contributed by atoms with Crippen LogP contribution in [0, 0.1) is 55.2 Å². The number of nitrogens with zero attached hydrogens (tertiary/aromatic N) is 13. The van der Waals surface area contributed by atoms with E-state index in [1.54, 1.807) is 0 Å². The van der Waals surface area contributed by atoms with Crippen molar-refractivity contribution in [1.82, 2.24) is 63.8 Å². The molecule has 27 nitrogen and oxygen atoms in total. The summed E-state index contributed by atoms with van der Waals surface area (Å²) in [6.07, 6.45) is 29.5. The van der Waals surface area contributed by atoms with Gasteiger partial charge in [0, 0.05) is 185 Å². The Hall–Kier alpha value is -8.40. The molecule has 2 aromatic carbocycles. The Labute approximate surface area is 862 Å².